The highest BCUT2D eigenvalue weighted by atomic mass is 16.5. The van der Waals surface area contributed by atoms with Crippen molar-refractivity contribution in [1.82, 2.24) is 9.88 Å². The number of hydrogen-bond donors (Lipinski definition) is 0. The highest BCUT2D eigenvalue weighted by Crippen LogP contribution is 2.43. The SMILES string of the molecule is Cc1c2c(cc3c1O/C(=C\c1cccnc1)C3=O)CN(Cc1ccccc1)CO2. The van der Waals surface area contributed by atoms with Crippen LogP contribution in [0.4, 0.5) is 0 Å². The number of ether oxygens (including phenoxy) is 2. The summed E-state index contributed by atoms with van der Waals surface area (Å²) < 4.78 is 12.0. The standard InChI is InChI=1S/C24H20N2O3/c1-16-23-19(14-26(15-28-23)13-17-6-3-2-4-7-17)11-20-22(27)21(29-24(16)20)10-18-8-5-9-25-12-18/h2-12H,13-15H2,1H3/b21-10-. The molecule has 2 aliphatic rings. The number of ketones is 1. The topological polar surface area (TPSA) is 51.7 Å². The Kier molecular flexibility index (Phi) is 4.37. The van der Waals surface area contributed by atoms with Crippen molar-refractivity contribution >= 4 is 11.9 Å². The molecule has 1 aromatic heterocycles. The smallest absolute Gasteiger partial charge is 0.231 e. The number of benzene rings is 2. The number of pyridine rings is 1. The highest BCUT2D eigenvalue weighted by molar-refractivity contribution is 6.15. The van der Waals surface area contributed by atoms with E-state index in [1.165, 1.54) is 5.56 Å². The maximum absolute atomic E-state index is 12.9. The van der Waals surface area contributed by atoms with Crippen molar-refractivity contribution in [1.29, 1.82) is 0 Å². The second-order valence-corrected chi connectivity index (χ2v) is 7.34. The first-order valence-electron chi connectivity index (χ1n) is 9.59. The van der Waals surface area contributed by atoms with Crippen LogP contribution in [0.3, 0.4) is 0 Å². The molecule has 0 atom stereocenters. The van der Waals surface area contributed by atoms with E-state index >= 15 is 0 Å². The molecule has 3 heterocycles. The summed E-state index contributed by atoms with van der Waals surface area (Å²) in [5.74, 6) is 1.64. The van der Waals surface area contributed by atoms with Crippen molar-refractivity contribution in [2.24, 2.45) is 0 Å². The highest BCUT2D eigenvalue weighted by Gasteiger charge is 2.33. The van der Waals surface area contributed by atoms with E-state index in [0.717, 1.165) is 35.5 Å². The maximum atomic E-state index is 12.9. The van der Waals surface area contributed by atoms with E-state index in [1.807, 2.05) is 43.3 Å². The minimum Gasteiger partial charge on any atom is -0.477 e. The third kappa shape index (κ3) is 3.30. The molecular weight excluding hydrogens is 364 g/mol. The van der Waals surface area contributed by atoms with Gasteiger partial charge in [0, 0.05) is 36.6 Å². The van der Waals surface area contributed by atoms with E-state index in [-0.39, 0.29) is 5.78 Å². The summed E-state index contributed by atoms with van der Waals surface area (Å²) in [4.78, 5) is 19.2. The van der Waals surface area contributed by atoms with E-state index < -0.39 is 0 Å². The summed E-state index contributed by atoms with van der Waals surface area (Å²) in [5.41, 5.74) is 4.55. The van der Waals surface area contributed by atoms with Crippen LogP contribution in [0.15, 0.2) is 66.7 Å². The lowest BCUT2D eigenvalue weighted by Crippen LogP contribution is -2.32. The Bertz CT molecular complexity index is 1110. The molecule has 2 aromatic carbocycles. The van der Waals surface area contributed by atoms with Crippen LogP contribution < -0.4 is 9.47 Å². The first-order chi connectivity index (χ1) is 14.2. The summed E-state index contributed by atoms with van der Waals surface area (Å²) >= 11 is 0. The van der Waals surface area contributed by atoms with Crippen LogP contribution in [-0.4, -0.2) is 22.4 Å². The molecule has 0 fully saturated rings. The van der Waals surface area contributed by atoms with E-state index in [4.69, 9.17) is 9.47 Å². The lowest BCUT2D eigenvalue weighted by atomic mass is 10.00. The average Bonchev–Trinajstić information content (AvgIpc) is 3.05. The molecule has 0 bridgehead atoms. The predicted molar refractivity (Wildman–Crippen MR) is 110 cm³/mol. The Balaban J connectivity index is 1.44. The Hall–Kier alpha value is -3.44. The minimum absolute atomic E-state index is 0.102. The number of nitrogens with zero attached hydrogens (tertiary/aromatic N) is 2. The third-order valence-corrected chi connectivity index (χ3v) is 5.23. The van der Waals surface area contributed by atoms with Crippen LogP contribution >= 0.6 is 0 Å². The quantitative estimate of drug-likeness (QED) is 0.628. The van der Waals surface area contributed by atoms with Crippen molar-refractivity contribution in [2.75, 3.05) is 6.73 Å². The van der Waals surface area contributed by atoms with Gasteiger partial charge in [0.05, 0.1) is 5.56 Å². The largest absolute Gasteiger partial charge is 0.477 e. The molecule has 0 saturated heterocycles. The van der Waals surface area contributed by atoms with E-state index in [9.17, 15) is 4.79 Å². The molecule has 3 aromatic rings. The first-order valence-corrected chi connectivity index (χ1v) is 9.59. The monoisotopic (exact) mass is 384 g/mol. The van der Waals surface area contributed by atoms with Crippen LogP contribution in [0, 0.1) is 6.92 Å². The zero-order valence-corrected chi connectivity index (χ0v) is 16.1. The van der Waals surface area contributed by atoms with Gasteiger partial charge in [-0.25, -0.2) is 0 Å². The number of carbonyl (C=O) groups is 1. The molecule has 5 nitrogen and oxygen atoms in total. The van der Waals surface area contributed by atoms with E-state index in [1.54, 1.807) is 18.5 Å². The van der Waals surface area contributed by atoms with Crippen molar-refractivity contribution < 1.29 is 14.3 Å². The number of allylic oxidation sites excluding steroid dienone is 1. The van der Waals surface area contributed by atoms with Crippen LogP contribution in [0.2, 0.25) is 0 Å². The average molecular weight is 384 g/mol. The zero-order chi connectivity index (χ0) is 19.8. The van der Waals surface area contributed by atoms with Gasteiger partial charge in [-0.1, -0.05) is 36.4 Å². The van der Waals surface area contributed by atoms with Gasteiger partial charge in [-0.15, -0.1) is 0 Å². The molecule has 0 radical (unpaired) electrons. The Morgan fingerprint density at radius 1 is 1.14 bits per heavy atom. The number of carbonyl (C=O) groups excluding carboxylic acids is 1. The van der Waals surface area contributed by atoms with Crippen LogP contribution in [0.25, 0.3) is 6.08 Å². The van der Waals surface area contributed by atoms with Crippen LogP contribution in [-0.2, 0) is 13.1 Å². The third-order valence-electron chi connectivity index (χ3n) is 5.23. The van der Waals surface area contributed by atoms with E-state index in [2.05, 4.69) is 22.0 Å². The van der Waals surface area contributed by atoms with Gasteiger partial charge in [-0.2, -0.15) is 0 Å². The normalized spacial score (nSPS) is 16.9. The van der Waals surface area contributed by atoms with Gasteiger partial charge in [0.25, 0.3) is 0 Å². The summed E-state index contributed by atoms with van der Waals surface area (Å²) in [6.45, 7) is 3.99. The summed E-state index contributed by atoms with van der Waals surface area (Å²) in [7, 11) is 0. The van der Waals surface area contributed by atoms with Crippen molar-refractivity contribution in [3.63, 3.8) is 0 Å². The molecule has 144 valence electrons. The lowest BCUT2D eigenvalue weighted by Gasteiger charge is -2.30. The molecule has 0 amide bonds. The van der Waals surface area contributed by atoms with Gasteiger partial charge < -0.3 is 9.47 Å². The lowest BCUT2D eigenvalue weighted by molar-refractivity contribution is 0.0876. The maximum Gasteiger partial charge on any atom is 0.231 e. The fourth-order valence-electron chi connectivity index (χ4n) is 3.85. The van der Waals surface area contributed by atoms with Crippen molar-refractivity contribution in [3.05, 3.63) is 94.5 Å². The molecular formula is C24H20N2O3. The van der Waals surface area contributed by atoms with E-state index in [0.29, 0.717) is 23.8 Å². The van der Waals surface area contributed by atoms with Gasteiger partial charge in [-0.05, 0) is 36.3 Å². The van der Waals surface area contributed by atoms with Gasteiger partial charge in [0.1, 0.15) is 18.2 Å². The van der Waals surface area contributed by atoms with Gasteiger partial charge in [0.2, 0.25) is 5.78 Å². The summed E-state index contributed by atoms with van der Waals surface area (Å²) in [5, 5.41) is 0. The zero-order valence-electron chi connectivity index (χ0n) is 16.1. The number of hydrogen-bond acceptors (Lipinski definition) is 5. The Morgan fingerprint density at radius 2 is 2.00 bits per heavy atom. The van der Waals surface area contributed by atoms with Crippen molar-refractivity contribution in [3.8, 4) is 11.5 Å². The fourth-order valence-corrected chi connectivity index (χ4v) is 3.85. The van der Waals surface area contributed by atoms with Crippen molar-refractivity contribution in [2.45, 2.75) is 20.0 Å². The molecule has 0 unspecified atom stereocenters. The summed E-state index contributed by atoms with van der Waals surface area (Å²) in [6.07, 6.45) is 5.14. The number of fused-ring (bicyclic) bond motifs is 2. The van der Waals surface area contributed by atoms with Gasteiger partial charge >= 0.3 is 0 Å². The molecule has 0 aliphatic carbocycles. The second-order valence-electron chi connectivity index (χ2n) is 7.34. The molecule has 2 aliphatic heterocycles. The van der Waals surface area contributed by atoms with Crippen LogP contribution in [0.5, 0.6) is 11.5 Å². The van der Waals surface area contributed by atoms with Crippen LogP contribution in [0.1, 0.15) is 32.6 Å². The second kappa shape index (κ2) is 7.18. The number of aromatic nitrogens is 1. The Morgan fingerprint density at radius 3 is 2.79 bits per heavy atom. The first kappa shape index (κ1) is 17.6. The van der Waals surface area contributed by atoms with Gasteiger partial charge in [0.15, 0.2) is 5.76 Å². The molecule has 0 saturated carbocycles. The fraction of sp³-hybridized carbons (Fsp3) is 0.167. The predicted octanol–water partition coefficient (Wildman–Crippen LogP) is 4.36. The molecule has 29 heavy (non-hydrogen) atoms. The number of rotatable bonds is 3. The molecule has 0 N–H and O–H groups in total. The minimum atomic E-state index is -0.102. The Labute approximate surface area is 169 Å². The molecule has 5 rings (SSSR count). The van der Waals surface area contributed by atoms with Gasteiger partial charge in [-0.3, -0.25) is 14.7 Å². The molecule has 5 heteroatoms. The number of Topliss-reactive ketones (excluding diaryl/α,β-unsaturated/α-hetero) is 1. The molecule has 0 spiro atoms. The summed E-state index contributed by atoms with van der Waals surface area (Å²) in [6, 6.07) is 15.9.